The highest BCUT2D eigenvalue weighted by Gasteiger charge is 2.32. The summed E-state index contributed by atoms with van der Waals surface area (Å²) in [6, 6.07) is 4.47. The van der Waals surface area contributed by atoms with E-state index in [1.54, 1.807) is 0 Å². The van der Waals surface area contributed by atoms with Crippen molar-refractivity contribution in [2.75, 3.05) is 12.0 Å². The van der Waals surface area contributed by atoms with Crippen LogP contribution in [0.2, 0.25) is 0 Å². The molecule has 168 valence electrons. The number of halogens is 5. The van der Waals surface area contributed by atoms with Crippen molar-refractivity contribution in [2.24, 2.45) is 0 Å². The van der Waals surface area contributed by atoms with E-state index >= 15 is 0 Å². The van der Waals surface area contributed by atoms with E-state index in [-0.39, 0.29) is 29.4 Å². The summed E-state index contributed by atoms with van der Waals surface area (Å²) >= 11 is 0. The number of carbonyl (C=O) groups excluding carboxylic acids is 1. The molecule has 4 heterocycles. The zero-order valence-corrected chi connectivity index (χ0v) is 16.3. The van der Waals surface area contributed by atoms with Gasteiger partial charge in [-0.15, -0.1) is 0 Å². The van der Waals surface area contributed by atoms with Crippen molar-refractivity contribution in [3.05, 3.63) is 48.0 Å². The molecule has 0 bridgehead atoms. The number of hydrogen-bond donors (Lipinski definition) is 0. The maximum Gasteiger partial charge on any atom is 0.408 e. The number of methoxy groups -OCH3 is 1. The Balaban J connectivity index is 1.58. The van der Waals surface area contributed by atoms with Gasteiger partial charge in [-0.2, -0.15) is 27.1 Å². The average Bonchev–Trinajstić information content (AvgIpc) is 3.30. The van der Waals surface area contributed by atoms with Crippen molar-refractivity contribution >= 4 is 11.6 Å². The Bertz CT molecular complexity index is 1160. The van der Waals surface area contributed by atoms with Crippen LogP contribution < -0.4 is 14.4 Å². The van der Waals surface area contributed by atoms with Gasteiger partial charge in [0.25, 0.3) is 11.8 Å². The predicted molar refractivity (Wildman–Crippen MR) is 99.4 cm³/mol. The number of pyridine rings is 2. The molecular weight excluding hydrogens is 441 g/mol. The average molecular weight is 455 g/mol. The Morgan fingerprint density at radius 3 is 2.69 bits per heavy atom. The first kappa shape index (κ1) is 21.5. The van der Waals surface area contributed by atoms with Crippen LogP contribution in [0.4, 0.5) is 27.6 Å². The number of aromatic nitrogens is 4. The van der Waals surface area contributed by atoms with Gasteiger partial charge in [-0.1, -0.05) is 0 Å². The Hall–Kier alpha value is -3.77. The third-order valence-electron chi connectivity index (χ3n) is 4.56. The third kappa shape index (κ3) is 4.31. The van der Waals surface area contributed by atoms with Crippen LogP contribution in [0, 0.1) is 0 Å². The molecule has 1 amide bonds. The molecule has 1 aliphatic rings. The molecule has 0 aromatic carbocycles. The second kappa shape index (κ2) is 8.05. The van der Waals surface area contributed by atoms with Crippen molar-refractivity contribution in [1.29, 1.82) is 0 Å². The molecule has 0 atom stereocenters. The van der Waals surface area contributed by atoms with Gasteiger partial charge in [-0.05, 0) is 18.2 Å². The van der Waals surface area contributed by atoms with Gasteiger partial charge in [-0.25, -0.2) is 4.98 Å². The molecule has 3 aromatic heterocycles. The summed E-state index contributed by atoms with van der Waals surface area (Å²) in [5.41, 5.74) is 1.70. The summed E-state index contributed by atoms with van der Waals surface area (Å²) in [5, 5.41) is 3.65. The number of fused-ring (bicyclic) bond motifs is 1. The highest BCUT2D eigenvalue weighted by molar-refractivity contribution is 6.09. The quantitative estimate of drug-likeness (QED) is 0.528. The van der Waals surface area contributed by atoms with Crippen LogP contribution in [0.25, 0.3) is 11.3 Å². The highest BCUT2D eigenvalue weighted by Crippen LogP contribution is 2.33. The lowest BCUT2D eigenvalue weighted by atomic mass is 10.1. The van der Waals surface area contributed by atoms with Crippen molar-refractivity contribution in [1.82, 2.24) is 19.7 Å². The topological polar surface area (TPSA) is 82.4 Å². The lowest BCUT2D eigenvalue weighted by Gasteiger charge is -2.12. The molecule has 3 aromatic rings. The molecule has 0 saturated heterocycles. The van der Waals surface area contributed by atoms with E-state index in [1.165, 1.54) is 42.6 Å². The van der Waals surface area contributed by atoms with Gasteiger partial charge in [-0.3, -0.25) is 19.4 Å². The van der Waals surface area contributed by atoms with Gasteiger partial charge in [0.1, 0.15) is 6.54 Å². The lowest BCUT2D eigenvalue weighted by molar-refractivity contribution is -0.142. The van der Waals surface area contributed by atoms with Crippen LogP contribution in [0.3, 0.4) is 0 Å². The van der Waals surface area contributed by atoms with Crippen molar-refractivity contribution in [3.8, 4) is 22.9 Å². The second-order valence-corrected chi connectivity index (χ2v) is 6.70. The fraction of sp³-hybridized carbons (Fsp3) is 0.263. The fourth-order valence-corrected chi connectivity index (χ4v) is 3.21. The molecule has 0 spiro atoms. The molecule has 8 nitrogen and oxygen atoms in total. The van der Waals surface area contributed by atoms with E-state index < -0.39 is 25.2 Å². The van der Waals surface area contributed by atoms with E-state index in [0.29, 0.717) is 21.6 Å². The standard InChI is InChI=1S/C19H14F5N5O3/c1-31-15-4-10(5-25-16(15)32-18(20)21)13-3-2-12-14(27-13)8-29(17(12)30)11-6-26-28(7-11)9-19(22,23)24/h2-7,18H,8-9H2,1H3. The molecule has 0 N–H and O–H groups in total. The second-order valence-electron chi connectivity index (χ2n) is 6.70. The Morgan fingerprint density at radius 1 is 1.22 bits per heavy atom. The van der Waals surface area contributed by atoms with Crippen molar-refractivity contribution in [2.45, 2.75) is 25.9 Å². The smallest absolute Gasteiger partial charge is 0.408 e. The number of nitrogens with zero attached hydrogens (tertiary/aromatic N) is 5. The Labute approximate surface area is 177 Å². The summed E-state index contributed by atoms with van der Waals surface area (Å²) in [6.07, 6.45) is -0.866. The normalized spacial score (nSPS) is 13.6. The van der Waals surface area contributed by atoms with Crippen LogP contribution in [0.1, 0.15) is 16.1 Å². The lowest BCUT2D eigenvalue weighted by Crippen LogP contribution is -2.22. The largest absolute Gasteiger partial charge is 0.491 e. The fourth-order valence-electron chi connectivity index (χ4n) is 3.21. The first-order chi connectivity index (χ1) is 15.1. The highest BCUT2D eigenvalue weighted by atomic mass is 19.4. The van der Waals surface area contributed by atoms with Gasteiger partial charge >= 0.3 is 12.8 Å². The molecule has 32 heavy (non-hydrogen) atoms. The van der Waals surface area contributed by atoms with Crippen LogP contribution in [-0.4, -0.2) is 45.6 Å². The summed E-state index contributed by atoms with van der Waals surface area (Å²) in [4.78, 5) is 22.2. The minimum absolute atomic E-state index is 0.0247. The van der Waals surface area contributed by atoms with Crippen LogP contribution in [0.15, 0.2) is 36.8 Å². The maximum absolute atomic E-state index is 12.7. The minimum atomic E-state index is -4.44. The summed E-state index contributed by atoms with van der Waals surface area (Å²) in [7, 11) is 1.27. The molecular formula is C19H14F5N5O3. The number of hydrogen-bond acceptors (Lipinski definition) is 6. The number of amides is 1. The molecule has 1 aliphatic heterocycles. The van der Waals surface area contributed by atoms with Crippen molar-refractivity contribution in [3.63, 3.8) is 0 Å². The number of anilines is 1. The molecule has 0 radical (unpaired) electrons. The molecule has 4 rings (SSSR count). The van der Waals surface area contributed by atoms with Gasteiger partial charge in [0, 0.05) is 18.0 Å². The molecule has 13 heteroatoms. The van der Waals surface area contributed by atoms with Gasteiger partial charge in [0.15, 0.2) is 5.75 Å². The molecule has 0 unspecified atom stereocenters. The third-order valence-corrected chi connectivity index (χ3v) is 4.56. The zero-order valence-electron chi connectivity index (χ0n) is 16.3. The van der Waals surface area contributed by atoms with Crippen LogP contribution in [-0.2, 0) is 13.1 Å². The number of rotatable bonds is 6. The monoisotopic (exact) mass is 455 g/mol. The van der Waals surface area contributed by atoms with E-state index in [1.807, 2.05) is 0 Å². The summed E-state index contributed by atoms with van der Waals surface area (Å²) in [5.74, 6) is -0.841. The number of alkyl halides is 5. The maximum atomic E-state index is 12.7. The molecule has 0 aliphatic carbocycles. The zero-order chi connectivity index (χ0) is 23.0. The number of ether oxygens (including phenoxy) is 2. The van der Waals surface area contributed by atoms with E-state index in [0.717, 1.165) is 6.20 Å². The SMILES string of the molecule is COc1cc(-c2ccc3c(n2)CN(c2cnn(CC(F)(F)F)c2)C3=O)cnc1OC(F)F. The number of carbonyl (C=O) groups is 1. The van der Waals surface area contributed by atoms with Gasteiger partial charge in [0.2, 0.25) is 0 Å². The minimum Gasteiger partial charge on any atom is -0.491 e. The van der Waals surface area contributed by atoms with Gasteiger partial charge < -0.3 is 9.47 Å². The first-order valence-electron chi connectivity index (χ1n) is 9.05. The molecule has 0 fully saturated rings. The van der Waals surface area contributed by atoms with Crippen LogP contribution >= 0.6 is 0 Å². The first-order valence-corrected chi connectivity index (χ1v) is 9.05. The van der Waals surface area contributed by atoms with Crippen LogP contribution in [0.5, 0.6) is 11.6 Å². The van der Waals surface area contributed by atoms with Crippen molar-refractivity contribution < 1.29 is 36.2 Å². The Morgan fingerprint density at radius 2 is 2.00 bits per heavy atom. The van der Waals surface area contributed by atoms with Gasteiger partial charge in [0.05, 0.1) is 42.5 Å². The predicted octanol–water partition coefficient (Wildman–Crippen LogP) is 3.67. The van der Waals surface area contributed by atoms with E-state index in [9.17, 15) is 26.7 Å². The summed E-state index contributed by atoms with van der Waals surface area (Å²) in [6.45, 7) is -4.32. The van der Waals surface area contributed by atoms with E-state index in [4.69, 9.17) is 4.74 Å². The summed E-state index contributed by atoms with van der Waals surface area (Å²) < 4.78 is 72.6. The molecule has 0 saturated carbocycles. The Kier molecular flexibility index (Phi) is 5.40. The van der Waals surface area contributed by atoms with E-state index in [2.05, 4.69) is 19.8 Å².